The van der Waals surface area contributed by atoms with Gasteiger partial charge in [-0.15, -0.1) is 34.2 Å². The molecule has 1 unspecified atom stereocenters. The molecule has 1 aromatic heterocycles. The van der Waals surface area contributed by atoms with Gasteiger partial charge in [0, 0.05) is 37.7 Å². The van der Waals surface area contributed by atoms with E-state index in [1.165, 1.54) is 0 Å². The number of aliphatic imine (C=N–C) groups is 1. The third-order valence-corrected chi connectivity index (χ3v) is 5.56. The van der Waals surface area contributed by atoms with Gasteiger partial charge >= 0.3 is 0 Å². The zero-order valence-corrected chi connectivity index (χ0v) is 17.9. The molecule has 1 fully saturated rings. The van der Waals surface area contributed by atoms with Crippen molar-refractivity contribution >= 4 is 41.7 Å². The Kier molecular flexibility index (Phi) is 8.66. The van der Waals surface area contributed by atoms with Gasteiger partial charge in [0.15, 0.2) is 11.8 Å². The number of guanidine groups is 1. The Bertz CT molecular complexity index is 516. The van der Waals surface area contributed by atoms with Gasteiger partial charge in [0.05, 0.1) is 0 Å². The predicted octanol–water partition coefficient (Wildman–Crippen LogP) is 2.28. The molecule has 132 valence electrons. The minimum atomic E-state index is 0. The van der Waals surface area contributed by atoms with Crippen molar-refractivity contribution in [1.29, 1.82) is 0 Å². The van der Waals surface area contributed by atoms with Crippen LogP contribution in [0.25, 0.3) is 0 Å². The molecule has 2 rings (SSSR count). The van der Waals surface area contributed by atoms with E-state index in [-0.39, 0.29) is 24.0 Å². The molecule has 0 saturated carbocycles. The maximum atomic E-state index is 4.77. The summed E-state index contributed by atoms with van der Waals surface area (Å²) in [6, 6.07) is 0. The van der Waals surface area contributed by atoms with Crippen molar-refractivity contribution in [2.24, 2.45) is 18.0 Å². The number of nitrogens with zero attached hydrogens (tertiary/aromatic N) is 5. The Morgan fingerprint density at radius 1 is 1.43 bits per heavy atom. The highest BCUT2D eigenvalue weighted by Crippen LogP contribution is 2.24. The second-order valence-electron chi connectivity index (χ2n) is 5.99. The number of nitrogens with one attached hydrogen (secondary N) is 1. The van der Waals surface area contributed by atoms with Crippen molar-refractivity contribution in [1.82, 2.24) is 25.0 Å². The molecule has 2 heterocycles. The number of hydrogen-bond acceptors (Lipinski definition) is 4. The summed E-state index contributed by atoms with van der Waals surface area (Å²) in [7, 11) is 1.99. The van der Waals surface area contributed by atoms with E-state index in [2.05, 4.69) is 52.9 Å². The average molecular weight is 452 g/mol. The fourth-order valence-electron chi connectivity index (χ4n) is 2.43. The van der Waals surface area contributed by atoms with E-state index in [9.17, 15) is 0 Å². The normalized spacial score (nSPS) is 19.0. The molecular weight excluding hydrogens is 423 g/mol. The molecule has 1 aliphatic rings. The van der Waals surface area contributed by atoms with Gasteiger partial charge in [-0.2, -0.15) is 11.8 Å². The zero-order chi connectivity index (χ0) is 16.1. The molecule has 23 heavy (non-hydrogen) atoms. The third-order valence-electron chi connectivity index (χ3n) is 4.02. The summed E-state index contributed by atoms with van der Waals surface area (Å²) in [6.45, 7) is 12.2. The van der Waals surface area contributed by atoms with Gasteiger partial charge in [-0.3, -0.25) is 0 Å². The van der Waals surface area contributed by atoms with Gasteiger partial charge in [-0.1, -0.05) is 13.8 Å². The van der Waals surface area contributed by atoms with Crippen LogP contribution in [0.1, 0.15) is 32.4 Å². The van der Waals surface area contributed by atoms with E-state index in [0.29, 0.717) is 17.7 Å². The minimum absolute atomic E-state index is 0. The predicted molar refractivity (Wildman–Crippen MR) is 109 cm³/mol. The van der Waals surface area contributed by atoms with Crippen LogP contribution in [0.15, 0.2) is 4.99 Å². The molecular formula is C15H29IN6S. The maximum Gasteiger partial charge on any atom is 0.194 e. The highest BCUT2D eigenvalue weighted by Gasteiger charge is 2.24. The molecule has 0 bridgehead atoms. The lowest BCUT2D eigenvalue weighted by molar-refractivity contribution is 0.380. The van der Waals surface area contributed by atoms with Crippen molar-refractivity contribution in [3.05, 3.63) is 11.6 Å². The number of aromatic nitrogens is 3. The number of hydrogen-bond donors (Lipinski definition) is 1. The topological polar surface area (TPSA) is 58.3 Å². The third kappa shape index (κ3) is 5.51. The first kappa shape index (κ1) is 20.5. The monoisotopic (exact) mass is 452 g/mol. The molecule has 0 aliphatic carbocycles. The smallest absolute Gasteiger partial charge is 0.194 e. The molecule has 1 atom stereocenters. The van der Waals surface area contributed by atoms with Gasteiger partial charge in [-0.05, 0) is 19.8 Å². The van der Waals surface area contributed by atoms with Crippen LogP contribution in [0.3, 0.4) is 0 Å². The van der Waals surface area contributed by atoms with Crippen molar-refractivity contribution in [3.8, 4) is 0 Å². The Labute approximate surface area is 160 Å². The van der Waals surface area contributed by atoms with Gasteiger partial charge in [0.1, 0.15) is 12.4 Å². The standard InChI is InChI=1S/C15H28N6S.HI/c1-6-16-15(17-9-14-19-18-12(4)20(14)5)21-7-8-22-13(10-21)11(2)3;/h11,13H,6-10H2,1-5H3,(H,16,17);1H. The van der Waals surface area contributed by atoms with E-state index in [1.54, 1.807) is 0 Å². The van der Waals surface area contributed by atoms with E-state index >= 15 is 0 Å². The van der Waals surface area contributed by atoms with Crippen LogP contribution in [0.2, 0.25) is 0 Å². The zero-order valence-electron chi connectivity index (χ0n) is 14.7. The van der Waals surface area contributed by atoms with Gasteiger partial charge in [0.25, 0.3) is 0 Å². The second-order valence-corrected chi connectivity index (χ2v) is 7.34. The Morgan fingerprint density at radius 2 is 2.17 bits per heavy atom. The summed E-state index contributed by atoms with van der Waals surface area (Å²) in [6.07, 6.45) is 0. The van der Waals surface area contributed by atoms with E-state index in [4.69, 9.17) is 4.99 Å². The molecule has 1 saturated heterocycles. The molecule has 0 spiro atoms. The molecule has 1 aliphatic heterocycles. The highest BCUT2D eigenvalue weighted by molar-refractivity contribution is 14.0. The van der Waals surface area contributed by atoms with Crippen LogP contribution < -0.4 is 5.32 Å². The van der Waals surface area contributed by atoms with Gasteiger partial charge < -0.3 is 14.8 Å². The van der Waals surface area contributed by atoms with E-state index < -0.39 is 0 Å². The molecule has 6 nitrogen and oxygen atoms in total. The van der Waals surface area contributed by atoms with Crippen LogP contribution >= 0.6 is 35.7 Å². The van der Waals surface area contributed by atoms with Crippen molar-refractivity contribution < 1.29 is 0 Å². The molecule has 0 radical (unpaired) electrons. The number of halogens is 1. The summed E-state index contributed by atoms with van der Waals surface area (Å²) in [4.78, 5) is 7.16. The van der Waals surface area contributed by atoms with Crippen molar-refractivity contribution in [2.45, 2.75) is 39.5 Å². The maximum absolute atomic E-state index is 4.77. The van der Waals surface area contributed by atoms with Crippen molar-refractivity contribution in [2.75, 3.05) is 25.4 Å². The number of aryl methyl sites for hydroxylation is 1. The fourth-order valence-corrected chi connectivity index (χ4v) is 3.73. The first-order valence-electron chi connectivity index (χ1n) is 8.02. The largest absolute Gasteiger partial charge is 0.357 e. The number of thioether (sulfide) groups is 1. The van der Waals surface area contributed by atoms with Crippen LogP contribution in [0.5, 0.6) is 0 Å². The Hall–Kier alpha value is -0.510. The van der Waals surface area contributed by atoms with Gasteiger partial charge in [-0.25, -0.2) is 4.99 Å². The first-order valence-corrected chi connectivity index (χ1v) is 9.07. The number of rotatable bonds is 4. The fraction of sp³-hybridized carbons (Fsp3) is 0.800. The summed E-state index contributed by atoms with van der Waals surface area (Å²) >= 11 is 2.08. The van der Waals surface area contributed by atoms with Crippen molar-refractivity contribution in [3.63, 3.8) is 0 Å². The second kappa shape index (κ2) is 9.71. The van der Waals surface area contributed by atoms with E-state index in [1.807, 2.05) is 18.5 Å². The lowest BCUT2D eigenvalue weighted by Crippen LogP contribution is -2.49. The molecule has 0 aromatic carbocycles. The Morgan fingerprint density at radius 3 is 2.74 bits per heavy atom. The van der Waals surface area contributed by atoms with Crippen LogP contribution in [-0.4, -0.2) is 56.3 Å². The van der Waals surface area contributed by atoms with Gasteiger partial charge in [0.2, 0.25) is 0 Å². The summed E-state index contributed by atoms with van der Waals surface area (Å²) in [5.74, 6) is 4.67. The minimum Gasteiger partial charge on any atom is -0.357 e. The van der Waals surface area contributed by atoms with Crippen LogP contribution in [-0.2, 0) is 13.6 Å². The molecule has 8 heteroatoms. The molecule has 1 aromatic rings. The molecule has 1 N–H and O–H groups in total. The lowest BCUT2D eigenvalue weighted by atomic mass is 10.1. The Balaban J connectivity index is 0.00000264. The molecule has 0 amide bonds. The summed E-state index contributed by atoms with van der Waals surface area (Å²) in [5, 5.41) is 12.4. The summed E-state index contributed by atoms with van der Waals surface area (Å²) < 4.78 is 2.00. The van der Waals surface area contributed by atoms with Crippen LogP contribution in [0, 0.1) is 12.8 Å². The summed E-state index contributed by atoms with van der Waals surface area (Å²) in [5.41, 5.74) is 0. The average Bonchev–Trinajstić information content (AvgIpc) is 2.83. The van der Waals surface area contributed by atoms with E-state index in [0.717, 1.165) is 43.0 Å². The quantitative estimate of drug-likeness (QED) is 0.432. The van der Waals surface area contributed by atoms with Crippen LogP contribution in [0.4, 0.5) is 0 Å². The first-order chi connectivity index (χ1) is 10.5. The SMILES string of the molecule is CCNC(=NCc1nnc(C)n1C)N1CCSC(C(C)C)C1.I. The highest BCUT2D eigenvalue weighted by atomic mass is 127. The lowest BCUT2D eigenvalue weighted by Gasteiger charge is -2.36.